The van der Waals surface area contributed by atoms with Crippen LogP contribution in [0, 0.1) is 0 Å². The molecule has 0 amide bonds. The summed E-state index contributed by atoms with van der Waals surface area (Å²) in [5, 5.41) is 2.55. The summed E-state index contributed by atoms with van der Waals surface area (Å²) in [6.07, 6.45) is 0. The van der Waals surface area contributed by atoms with Gasteiger partial charge in [0.05, 0.1) is 21.2 Å². The van der Waals surface area contributed by atoms with Crippen LogP contribution in [0.4, 0.5) is 0 Å². The summed E-state index contributed by atoms with van der Waals surface area (Å²) in [4.78, 5) is 0. The Hall–Kier alpha value is -3.04. The molecule has 184 valence electrons. The number of ether oxygens (including phenoxy) is 1. The van der Waals surface area contributed by atoms with Gasteiger partial charge in [0.1, 0.15) is 6.61 Å². The van der Waals surface area contributed by atoms with E-state index in [-0.39, 0.29) is 10.8 Å². The average Bonchev–Trinajstić information content (AvgIpc) is 3.16. The van der Waals surface area contributed by atoms with E-state index in [0.29, 0.717) is 6.61 Å². The summed E-state index contributed by atoms with van der Waals surface area (Å²) < 4.78 is 9.77. The first-order chi connectivity index (χ1) is 17.0. The molecular formula is C33H34BrNO. The van der Waals surface area contributed by atoms with Gasteiger partial charge in [-0.15, -0.1) is 0 Å². The lowest BCUT2D eigenvalue weighted by Crippen LogP contribution is -2.10. The molecule has 0 saturated carbocycles. The van der Waals surface area contributed by atoms with Gasteiger partial charge >= 0.3 is 0 Å². The van der Waals surface area contributed by atoms with Crippen LogP contribution in [0.5, 0.6) is 5.75 Å². The van der Waals surface area contributed by atoms with Gasteiger partial charge in [-0.2, -0.15) is 0 Å². The number of halogens is 1. The topological polar surface area (TPSA) is 14.2 Å². The van der Waals surface area contributed by atoms with Crippen molar-refractivity contribution in [3.63, 3.8) is 0 Å². The van der Waals surface area contributed by atoms with Gasteiger partial charge in [0.15, 0.2) is 5.75 Å². The van der Waals surface area contributed by atoms with E-state index in [1.807, 2.05) is 24.3 Å². The largest absolute Gasteiger partial charge is 0.486 e. The molecule has 0 fully saturated rings. The summed E-state index contributed by atoms with van der Waals surface area (Å²) >= 11 is 3.77. The second kappa shape index (κ2) is 9.12. The lowest BCUT2D eigenvalue weighted by molar-refractivity contribution is 0.303. The first-order valence-corrected chi connectivity index (χ1v) is 13.4. The maximum Gasteiger partial charge on any atom is 0.157 e. The molecule has 0 radical (unpaired) electrons. The van der Waals surface area contributed by atoms with Gasteiger partial charge < -0.3 is 9.30 Å². The molecule has 0 saturated heterocycles. The molecule has 0 aliphatic rings. The monoisotopic (exact) mass is 539 g/mol. The van der Waals surface area contributed by atoms with Crippen LogP contribution >= 0.6 is 15.9 Å². The minimum Gasteiger partial charge on any atom is -0.486 e. The fraction of sp³-hybridized carbons (Fsp3) is 0.273. The Morgan fingerprint density at radius 1 is 0.667 bits per heavy atom. The normalized spacial score (nSPS) is 12.4. The zero-order valence-corrected chi connectivity index (χ0v) is 23.6. The maximum absolute atomic E-state index is 6.46. The quantitative estimate of drug-likeness (QED) is 0.221. The van der Waals surface area contributed by atoms with Gasteiger partial charge in [-0.05, 0) is 79.8 Å². The molecule has 0 N–H and O–H groups in total. The SMILES string of the molecule is CC(C)(C)c1ccc2c(c1)c1cc(C(C)(C)C)ccc1n2-c1cccc(Br)c1OCc1ccccc1. The summed E-state index contributed by atoms with van der Waals surface area (Å²) in [5.41, 5.74) is 7.38. The van der Waals surface area contributed by atoms with Crippen LogP contribution in [-0.2, 0) is 17.4 Å². The van der Waals surface area contributed by atoms with Crippen molar-refractivity contribution in [3.05, 3.63) is 106 Å². The molecule has 1 heterocycles. The fourth-order valence-corrected chi connectivity index (χ4v) is 5.23. The highest BCUT2D eigenvalue weighted by molar-refractivity contribution is 9.10. The van der Waals surface area contributed by atoms with Crippen molar-refractivity contribution in [1.29, 1.82) is 0 Å². The molecule has 1 aromatic heterocycles. The van der Waals surface area contributed by atoms with E-state index in [1.54, 1.807) is 0 Å². The summed E-state index contributed by atoms with van der Waals surface area (Å²) in [7, 11) is 0. The van der Waals surface area contributed by atoms with Gasteiger partial charge in [0.2, 0.25) is 0 Å². The highest BCUT2D eigenvalue weighted by Gasteiger charge is 2.22. The van der Waals surface area contributed by atoms with Crippen LogP contribution in [0.2, 0.25) is 0 Å². The number of benzene rings is 4. The van der Waals surface area contributed by atoms with Crippen molar-refractivity contribution < 1.29 is 4.74 Å². The van der Waals surface area contributed by atoms with Crippen LogP contribution in [0.25, 0.3) is 27.5 Å². The Kier molecular flexibility index (Phi) is 6.24. The number of fused-ring (bicyclic) bond motifs is 3. The minimum absolute atomic E-state index is 0.0734. The van der Waals surface area contributed by atoms with E-state index in [2.05, 4.69) is 123 Å². The van der Waals surface area contributed by atoms with Gasteiger partial charge in [0, 0.05) is 10.8 Å². The Labute approximate surface area is 223 Å². The van der Waals surface area contributed by atoms with E-state index in [9.17, 15) is 0 Å². The van der Waals surface area contributed by atoms with Crippen LogP contribution in [-0.4, -0.2) is 4.57 Å². The molecule has 5 aromatic rings. The van der Waals surface area contributed by atoms with Crippen molar-refractivity contribution in [2.45, 2.75) is 59.0 Å². The first-order valence-electron chi connectivity index (χ1n) is 12.6. The fourth-order valence-electron chi connectivity index (χ4n) is 4.76. The van der Waals surface area contributed by atoms with Gasteiger partial charge in [-0.25, -0.2) is 0 Å². The lowest BCUT2D eigenvalue weighted by Gasteiger charge is -2.19. The van der Waals surface area contributed by atoms with Crippen LogP contribution < -0.4 is 4.74 Å². The van der Waals surface area contributed by atoms with Crippen LogP contribution in [0.1, 0.15) is 58.2 Å². The second-order valence-corrected chi connectivity index (χ2v) is 12.5. The molecule has 0 atom stereocenters. The van der Waals surface area contributed by atoms with E-state index < -0.39 is 0 Å². The number of aromatic nitrogens is 1. The van der Waals surface area contributed by atoms with Gasteiger partial charge in [-0.3, -0.25) is 0 Å². The van der Waals surface area contributed by atoms with Crippen molar-refractivity contribution in [1.82, 2.24) is 4.57 Å². The second-order valence-electron chi connectivity index (χ2n) is 11.7. The number of hydrogen-bond acceptors (Lipinski definition) is 1. The number of nitrogens with zero attached hydrogens (tertiary/aromatic N) is 1. The number of hydrogen-bond donors (Lipinski definition) is 0. The molecule has 0 aliphatic carbocycles. The molecule has 5 rings (SSSR count). The standard InChI is InChI=1S/C33H34BrNO/c1-32(2,3)23-15-17-28-25(19-23)26-20-24(33(4,5)6)16-18-29(26)35(28)30-14-10-13-27(34)31(30)36-21-22-11-8-7-9-12-22/h7-20H,21H2,1-6H3. The first kappa shape index (κ1) is 24.6. The van der Waals surface area contributed by atoms with Crippen molar-refractivity contribution in [3.8, 4) is 11.4 Å². The molecule has 0 aliphatic heterocycles. The molecule has 0 unspecified atom stereocenters. The van der Waals surface area contributed by atoms with Crippen LogP contribution in [0.3, 0.4) is 0 Å². The maximum atomic E-state index is 6.46. The third-order valence-corrected chi connectivity index (χ3v) is 7.53. The molecule has 3 heteroatoms. The molecule has 0 bridgehead atoms. The third kappa shape index (κ3) is 4.57. The lowest BCUT2D eigenvalue weighted by atomic mass is 9.85. The summed E-state index contributed by atoms with van der Waals surface area (Å²) in [6, 6.07) is 30.4. The third-order valence-electron chi connectivity index (χ3n) is 6.91. The Morgan fingerprint density at radius 3 is 1.75 bits per heavy atom. The average molecular weight is 541 g/mol. The van der Waals surface area contributed by atoms with Crippen molar-refractivity contribution >= 4 is 37.7 Å². The molecule has 36 heavy (non-hydrogen) atoms. The predicted molar refractivity (Wildman–Crippen MR) is 157 cm³/mol. The highest BCUT2D eigenvalue weighted by atomic mass is 79.9. The van der Waals surface area contributed by atoms with E-state index >= 15 is 0 Å². The highest BCUT2D eigenvalue weighted by Crippen LogP contribution is 2.41. The van der Waals surface area contributed by atoms with E-state index in [1.165, 1.54) is 32.9 Å². The van der Waals surface area contributed by atoms with Crippen molar-refractivity contribution in [2.75, 3.05) is 0 Å². The van der Waals surface area contributed by atoms with Gasteiger partial charge in [0.25, 0.3) is 0 Å². The predicted octanol–water partition coefficient (Wildman–Crippen LogP) is 9.72. The minimum atomic E-state index is 0.0734. The Balaban J connectivity index is 1.77. The van der Waals surface area contributed by atoms with E-state index in [0.717, 1.165) is 21.5 Å². The van der Waals surface area contributed by atoms with Crippen molar-refractivity contribution in [2.24, 2.45) is 0 Å². The molecule has 0 spiro atoms. The molecule has 4 aromatic carbocycles. The Bertz CT molecular complexity index is 1480. The summed E-state index contributed by atoms with van der Waals surface area (Å²) in [5.74, 6) is 0.847. The Morgan fingerprint density at radius 2 is 1.22 bits per heavy atom. The summed E-state index contributed by atoms with van der Waals surface area (Å²) in [6.45, 7) is 14.2. The van der Waals surface area contributed by atoms with E-state index in [4.69, 9.17) is 4.74 Å². The zero-order chi connectivity index (χ0) is 25.7. The van der Waals surface area contributed by atoms with Crippen LogP contribution in [0.15, 0.2) is 89.4 Å². The number of para-hydroxylation sites is 1. The molecule has 2 nitrogen and oxygen atoms in total. The smallest absolute Gasteiger partial charge is 0.157 e. The van der Waals surface area contributed by atoms with Gasteiger partial charge in [-0.1, -0.05) is 90.1 Å². The zero-order valence-electron chi connectivity index (χ0n) is 22.0. The number of rotatable bonds is 4. The molecular weight excluding hydrogens is 506 g/mol.